The van der Waals surface area contributed by atoms with Crippen LogP contribution in [-0.2, 0) is 9.59 Å². The van der Waals surface area contributed by atoms with Crippen LogP contribution in [0.3, 0.4) is 0 Å². The van der Waals surface area contributed by atoms with E-state index < -0.39 is 17.7 Å². The van der Waals surface area contributed by atoms with Gasteiger partial charge in [-0.1, -0.05) is 11.3 Å². The first-order valence-corrected chi connectivity index (χ1v) is 12.0. The Hall–Kier alpha value is -4.32. The number of ketones is 1. The number of fused-ring (bicyclic) bond motifs is 1. The molecule has 12 heteroatoms. The maximum Gasteiger partial charge on any atom is 0.301 e. The molecule has 1 unspecified atom stereocenters. The Balaban J connectivity index is 1.74. The Kier molecular flexibility index (Phi) is 6.34. The highest BCUT2D eigenvalue weighted by Crippen LogP contribution is 2.48. The number of hydrogen-bond donors (Lipinski definition) is 1. The number of aromatic nitrogens is 2. The van der Waals surface area contributed by atoms with Gasteiger partial charge in [-0.25, -0.2) is 0 Å². The molecule has 37 heavy (non-hydrogen) atoms. The van der Waals surface area contributed by atoms with Gasteiger partial charge >= 0.3 is 5.91 Å². The van der Waals surface area contributed by atoms with Crippen molar-refractivity contribution in [3.63, 3.8) is 0 Å². The van der Waals surface area contributed by atoms with Crippen LogP contribution in [0.2, 0.25) is 0 Å². The number of anilines is 1. The lowest BCUT2D eigenvalue weighted by atomic mass is 9.94. The van der Waals surface area contributed by atoms with Crippen molar-refractivity contribution in [2.45, 2.75) is 13.0 Å². The van der Waals surface area contributed by atoms with E-state index in [1.165, 1.54) is 26.2 Å². The fourth-order valence-corrected chi connectivity index (χ4v) is 5.05. The van der Waals surface area contributed by atoms with Gasteiger partial charge in [0.1, 0.15) is 24.0 Å². The van der Waals surface area contributed by atoms with Crippen molar-refractivity contribution in [3.05, 3.63) is 52.0 Å². The first-order valence-electron chi connectivity index (χ1n) is 11.2. The number of ether oxygens (including phenoxy) is 5. The first kappa shape index (κ1) is 24.4. The third-order valence-electron chi connectivity index (χ3n) is 5.98. The van der Waals surface area contributed by atoms with Crippen molar-refractivity contribution in [2.24, 2.45) is 0 Å². The normalized spacial score (nSPS) is 18.2. The standard InChI is InChI=1S/C25H23N3O8S/c1-12-26-27-25(37-12)28-20(14-10-17(32-2)23(34-4)18(11-14)33-3)19(22(30)24(28)31)21(29)13-5-6-15-16(9-13)36-8-7-35-15/h5-6,9-11,20,29H,7-8H2,1-4H3/b21-19-. The highest BCUT2D eigenvalue weighted by Gasteiger charge is 2.49. The van der Waals surface area contributed by atoms with Crippen LogP contribution in [0.1, 0.15) is 22.2 Å². The summed E-state index contributed by atoms with van der Waals surface area (Å²) in [7, 11) is 4.39. The summed E-state index contributed by atoms with van der Waals surface area (Å²) in [5, 5.41) is 20.3. The number of benzene rings is 2. The molecule has 2 aliphatic heterocycles. The summed E-state index contributed by atoms with van der Waals surface area (Å²) in [4.78, 5) is 28.0. The van der Waals surface area contributed by atoms with Gasteiger partial charge in [-0.3, -0.25) is 14.5 Å². The summed E-state index contributed by atoms with van der Waals surface area (Å²) in [6.45, 7) is 2.50. The van der Waals surface area contributed by atoms with Gasteiger partial charge in [-0.05, 0) is 42.8 Å². The van der Waals surface area contributed by atoms with Gasteiger partial charge in [0.25, 0.3) is 5.78 Å². The minimum Gasteiger partial charge on any atom is -0.507 e. The summed E-state index contributed by atoms with van der Waals surface area (Å²) < 4.78 is 27.6. The van der Waals surface area contributed by atoms with Gasteiger partial charge in [-0.15, -0.1) is 10.2 Å². The summed E-state index contributed by atoms with van der Waals surface area (Å²) >= 11 is 1.15. The van der Waals surface area contributed by atoms with Gasteiger partial charge in [-0.2, -0.15) is 0 Å². The van der Waals surface area contributed by atoms with E-state index >= 15 is 0 Å². The molecular weight excluding hydrogens is 502 g/mol. The van der Waals surface area contributed by atoms with Crippen molar-refractivity contribution in [2.75, 3.05) is 39.4 Å². The predicted molar refractivity (Wildman–Crippen MR) is 133 cm³/mol. The molecule has 0 radical (unpaired) electrons. The largest absolute Gasteiger partial charge is 0.507 e. The Morgan fingerprint density at radius 1 is 1.00 bits per heavy atom. The van der Waals surface area contributed by atoms with Crippen LogP contribution in [0, 0.1) is 6.92 Å². The highest BCUT2D eigenvalue weighted by molar-refractivity contribution is 7.15. The monoisotopic (exact) mass is 525 g/mol. The summed E-state index contributed by atoms with van der Waals surface area (Å²) in [6.07, 6.45) is 0. The Morgan fingerprint density at radius 3 is 2.27 bits per heavy atom. The molecule has 0 saturated carbocycles. The van der Waals surface area contributed by atoms with Crippen molar-refractivity contribution in [1.29, 1.82) is 0 Å². The molecule has 0 bridgehead atoms. The average molecular weight is 526 g/mol. The Bertz CT molecular complexity index is 1410. The van der Waals surface area contributed by atoms with E-state index in [0.29, 0.717) is 52.5 Å². The summed E-state index contributed by atoms with van der Waals surface area (Å²) in [5.41, 5.74) is 0.581. The molecule has 11 nitrogen and oxygen atoms in total. The third kappa shape index (κ3) is 4.08. The molecule has 0 aliphatic carbocycles. The van der Waals surface area contributed by atoms with E-state index in [4.69, 9.17) is 23.7 Å². The van der Waals surface area contributed by atoms with Crippen LogP contribution in [-0.4, -0.2) is 61.5 Å². The number of hydrogen-bond acceptors (Lipinski definition) is 11. The molecule has 1 N–H and O–H groups in total. The number of amides is 1. The second kappa shape index (κ2) is 9.62. The van der Waals surface area contributed by atoms with Gasteiger partial charge in [0.05, 0.1) is 32.9 Å². The summed E-state index contributed by atoms with van der Waals surface area (Å²) in [5.74, 6) is -0.192. The summed E-state index contributed by atoms with van der Waals surface area (Å²) in [6, 6.07) is 6.98. The van der Waals surface area contributed by atoms with Crippen molar-refractivity contribution in [1.82, 2.24) is 10.2 Å². The first-order chi connectivity index (χ1) is 17.9. The van der Waals surface area contributed by atoms with Crippen LogP contribution in [0.25, 0.3) is 5.76 Å². The number of aryl methyl sites for hydroxylation is 1. The molecule has 2 aliphatic rings. The Labute approximate surface area is 215 Å². The molecule has 0 spiro atoms. The van der Waals surface area contributed by atoms with E-state index in [2.05, 4.69) is 10.2 Å². The number of methoxy groups -OCH3 is 3. The molecule has 5 rings (SSSR count). The number of carbonyl (C=O) groups is 2. The lowest BCUT2D eigenvalue weighted by Gasteiger charge is -2.24. The molecule has 3 heterocycles. The minimum atomic E-state index is -1.06. The minimum absolute atomic E-state index is 0.135. The number of aliphatic hydroxyl groups is 1. The number of nitrogens with zero attached hydrogens (tertiary/aromatic N) is 3. The molecule has 1 saturated heterocycles. The van der Waals surface area contributed by atoms with E-state index in [1.54, 1.807) is 37.3 Å². The number of Topliss-reactive ketones (excluding diaryl/α,β-unsaturated/α-hetero) is 1. The highest BCUT2D eigenvalue weighted by atomic mass is 32.1. The quantitative estimate of drug-likeness (QED) is 0.291. The second-order valence-electron chi connectivity index (χ2n) is 8.09. The molecule has 1 atom stereocenters. The topological polar surface area (TPSA) is 130 Å². The van der Waals surface area contributed by atoms with E-state index in [0.717, 1.165) is 11.3 Å². The zero-order chi connectivity index (χ0) is 26.3. The fourth-order valence-electron chi connectivity index (χ4n) is 4.33. The molecule has 1 fully saturated rings. The maximum atomic E-state index is 13.4. The van der Waals surface area contributed by atoms with E-state index in [9.17, 15) is 14.7 Å². The molecule has 1 aromatic heterocycles. The Morgan fingerprint density at radius 2 is 1.68 bits per heavy atom. The lowest BCUT2D eigenvalue weighted by Crippen LogP contribution is -2.29. The zero-order valence-corrected chi connectivity index (χ0v) is 21.2. The maximum absolute atomic E-state index is 13.4. The van der Waals surface area contributed by atoms with Gasteiger partial charge in [0.15, 0.2) is 23.0 Å². The molecule has 2 aromatic carbocycles. The van der Waals surface area contributed by atoms with Crippen molar-refractivity contribution < 1.29 is 38.4 Å². The van der Waals surface area contributed by atoms with E-state index in [-0.39, 0.29) is 22.0 Å². The van der Waals surface area contributed by atoms with Crippen LogP contribution >= 0.6 is 11.3 Å². The molecular formula is C25H23N3O8S. The van der Waals surface area contributed by atoms with Gasteiger partial charge in [0.2, 0.25) is 10.9 Å². The van der Waals surface area contributed by atoms with Crippen molar-refractivity contribution >= 4 is 33.9 Å². The molecule has 3 aromatic rings. The SMILES string of the molecule is COc1cc(C2/C(=C(/O)c3ccc4c(c3)OCCO4)C(=O)C(=O)N2c2nnc(C)s2)cc(OC)c1OC. The predicted octanol–water partition coefficient (Wildman–Crippen LogP) is 3.27. The van der Waals surface area contributed by atoms with Crippen LogP contribution in [0.4, 0.5) is 5.13 Å². The number of aliphatic hydroxyl groups excluding tert-OH is 1. The van der Waals surface area contributed by atoms with Gasteiger partial charge < -0.3 is 28.8 Å². The lowest BCUT2D eigenvalue weighted by molar-refractivity contribution is -0.132. The second-order valence-corrected chi connectivity index (χ2v) is 9.25. The molecule has 192 valence electrons. The van der Waals surface area contributed by atoms with Gasteiger partial charge in [0, 0.05) is 5.56 Å². The van der Waals surface area contributed by atoms with Crippen LogP contribution in [0.5, 0.6) is 28.7 Å². The van der Waals surface area contributed by atoms with Crippen molar-refractivity contribution in [3.8, 4) is 28.7 Å². The van der Waals surface area contributed by atoms with Crippen LogP contribution in [0.15, 0.2) is 35.9 Å². The fraction of sp³-hybridized carbons (Fsp3) is 0.280. The zero-order valence-electron chi connectivity index (χ0n) is 20.4. The smallest absolute Gasteiger partial charge is 0.301 e. The number of carbonyl (C=O) groups excluding carboxylic acids is 2. The number of rotatable bonds is 6. The molecule has 1 amide bonds. The average Bonchev–Trinajstić information content (AvgIpc) is 3.46. The van der Waals surface area contributed by atoms with E-state index in [1.807, 2.05) is 0 Å². The third-order valence-corrected chi connectivity index (χ3v) is 6.82. The van der Waals surface area contributed by atoms with Crippen LogP contribution < -0.4 is 28.6 Å².